The van der Waals surface area contributed by atoms with Crippen LogP contribution in [0.1, 0.15) is 5.69 Å². The van der Waals surface area contributed by atoms with Crippen LogP contribution in [0.5, 0.6) is 0 Å². The van der Waals surface area contributed by atoms with Crippen molar-refractivity contribution in [2.75, 3.05) is 5.73 Å². The van der Waals surface area contributed by atoms with Crippen LogP contribution in [-0.2, 0) is 10.0 Å². The number of benzene rings is 1. The van der Waals surface area contributed by atoms with Crippen molar-refractivity contribution in [1.82, 2.24) is 9.97 Å². The van der Waals surface area contributed by atoms with E-state index in [1.54, 1.807) is 13.0 Å². The predicted octanol–water partition coefficient (Wildman–Crippen LogP) is 0.459. The molecule has 1 aromatic heterocycles. The van der Waals surface area contributed by atoms with E-state index in [2.05, 4.69) is 9.97 Å². The topological polar surface area (TPSA) is 132 Å². The van der Waals surface area contributed by atoms with E-state index in [-0.39, 0.29) is 16.1 Å². The lowest BCUT2D eigenvalue weighted by Gasteiger charge is -2.06. The van der Waals surface area contributed by atoms with Crippen molar-refractivity contribution < 1.29 is 8.42 Å². The van der Waals surface area contributed by atoms with Crippen LogP contribution in [0.25, 0.3) is 0 Å². The number of nitrogen functional groups attached to an aromatic ring is 1. The number of nitrogens with one attached hydrogen (secondary N) is 1. The van der Waals surface area contributed by atoms with Crippen LogP contribution in [0.3, 0.4) is 0 Å². The number of primary sulfonamides is 1. The summed E-state index contributed by atoms with van der Waals surface area (Å²) in [4.78, 5) is 18.5. The second-order valence-electron chi connectivity index (χ2n) is 4.08. The predicted molar refractivity (Wildman–Crippen MR) is 75.9 cm³/mol. The summed E-state index contributed by atoms with van der Waals surface area (Å²) in [7, 11) is -3.84. The summed E-state index contributed by atoms with van der Waals surface area (Å²) in [5, 5.41) is 5.42. The second kappa shape index (κ2) is 5.27. The fraction of sp³-hybridized carbons (Fsp3) is 0.0909. The number of hydrogen-bond donors (Lipinski definition) is 3. The Kier molecular flexibility index (Phi) is 3.84. The Bertz CT molecular complexity index is 815. The van der Waals surface area contributed by atoms with Gasteiger partial charge < -0.3 is 10.7 Å². The lowest BCUT2D eigenvalue weighted by atomic mass is 10.3. The lowest BCUT2D eigenvalue weighted by molar-refractivity contribution is 0.597. The molecular weight excluding hydrogens is 300 g/mol. The summed E-state index contributed by atoms with van der Waals surface area (Å²) in [5.41, 5.74) is 6.18. The number of hydrogen-bond acceptors (Lipinski definition) is 6. The zero-order valence-corrected chi connectivity index (χ0v) is 12.1. The monoisotopic (exact) mass is 312 g/mol. The minimum Gasteiger partial charge on any atom is -0.399 e. The first kappa shape index (κ1) is 14.6. The molecule has 0 unspecified atom stereocenters. The highest BCUT2D eigenvalue weighted by molar-refractivity contribution is 7.99. The van der Waals surface area contributed by atoms with E-state index in [9.17, 15) is 13.2 Å². The molecule has 2 rings (SSSR count). The number of aromatic nitrogens is 2. The Labute approximate surface area is 119 Å². The summed E-state index contributed by atoms with van der Waals surface area (Å²) in [6.45, 7) is 1.69. The number of nitrogens with zero attached hydrogens (tertiary/aromatic N) is 1. The Morgan fingerprint density at radius 1 is 1.25 bits per heavy atom. The minimum atomic E-state index is -3.84. The average molecular weight is 312 g/mol. The highest BCUT2D eigenvalue weighted by Gasteiger charge is 2.11. The van der Waals surface area contributed by atoms with Crippen molar-refractivity contribution in [1.29, 1.82) is 0 Å². The van der Waals surface area contributed by atoms with Gasteiger partial charge in [-0.1, -0.05) is 11.8 Å². The fourth-order valence-corrected chi connectivity index (χ4v) is 3.14. The molecule has 1 aromatic carbocycles. The Hall–Kier alpha value is -1.84. The number of rotatable bonds is 3. The van der Waals surface area contributed by atoms with Gasteiger partial charge in [-0.25, -0.2) is 18.5 Å². The molecule has 0 aliphatic heterocycles. The van der Waals surface area contributed by atoms with Crippen molar-refractivity contribution >= 4 is 27.5 Å². The average Bonchev–Trinajstić information content (AvgIpc) is 2.25. The van der Waals surface area contributed by atoms with Gasteiger partial charge >= 0.3 is 0 Å². The third-order valence-corrected chi connectivity index (χ3v) is 4.04. The van der Waals surface area contributed by atoms with E-state index >= 15 is 0 Å². The second-order valence-corrected chi connectivity index (χ2v) is 6.70. The number of H-pyrrole nitrogens is 1. The van der Waals surface area contributed by atoms with Gasteiger partial charge in [0.15, 0.2) is 5.16 Å². The summed E-state index contributed by atoms with van der Waals surface area (Å²) >= 11 is 1.09. The largest absolute Gasteiger partial charge is 0.399 e. The maximum Gasteiger partial charge on any atom is 0.251 e. The van der Waals surface area contributed by atoms with Crippen molar-refractivity contribution in [2.45, 2.75) is 21.9 Å². The number of aromatic amines is 1. The van der Waals surface area contributed by atoms with Gasteiger partial charge in [0.05, 0.1) is 4.90 Å². The molecule has 1 heterocycles. The van der Waals surface area contributed by atoms with E-state index in [1.165, 1.54) is 18.2 Å². The molecule has 0 saturated carbocycles. The van der Waals surface area contributed by atoms with Gasteiger partial charge in [0.1, 0.15) is 0 Å². The van der Waals surface area contributed by atoms with Gasteiger partial charge in [-0.15, -0.1) is 0 Å². The Morgan fingerprint density at radius 2 is 1.95 bits per heavy atom. The molecule has 9 heteroatoms. The summed E-state index contributed by atoms with van der Waals surface area (Å²) in [6.07, 6.45) is 0. The molecule has 0 aliphatic carbocycles. The van der Waals surface area contributed by atoms with E-state index < -0.39 is 10.0 Å². The molecule has 106 valence electrons. The molecule has 0 aliphatic rings. The summed E-state index contributed by atoms with van der Waals surface area (Å²) in [5.74, 6) is 0. The quantitative estimate of drug-likeness (QED) is 0.557. The number of aryl methyl sites for hydroxylation is 1. The molecule has 0 amide bonds. The SMILES string of the molecule is Cc1cc(=O)[nH]c(Sc2cc(N)cc(S(N)(=O)=O)c2)n1. The summed E-state index contributed by atoms with van der Waals surface area (Å²) in [6, 6.07) is 5.57. The van der Waals surface area contributed by atoms with Gasteiger partial charge in [-0.3, -0.25) is 4.79 Å². The van der Waals surface area contributed by atoms with Crippen LogP contribution in [0, 0.1) is 6.92 Å². The Morgan fingerprint density at radius 3 is 2.55 bits per heavy atom. The first-order chi connectivity index (χ1) is 9.24. The fourth-order valence-electron chi connectivity index (χ4n) is 1.53. The van der Waals surface area contributed by atoms with Crippen LogP contribution >= 0.6 is 11.8 Å². The van der Waals surface area contributed by atoms with Crippen LogP contribution in [0.2, 0.25) is 0 Å². The van der Waals surface area contributed by atoms with E-state index in [4.69, 9.17) is 10.9 Å². The molecule has 20 heavy (non-hydrogen) atoms. The molecule has 0 radical (unpaired) electrons. The smallest absolute Gasteiger partial charge is 0.251 e. The standard InChI is InChI=1S/C11H12N4O3S2/c1-6-2-10(16)15-11(14-6)19-8-3-7(12)4-9(5-8)20(13,17)18/h2-5H,12H2,1H3,(H2,13,17,18)(H,14,15,16). The van der Waals surface area contributed by atoms with E-state index in [0.29, 0.717) is 15.7 Å². The lowest BCUT2D eigenvalue weighted by Crippen LogP contribution is -2.12. The van der Waals surface area contributed by atoms with Crippen LogP contribution in [-0.4, -0.2) is 18.4 Å². The zero-order chi connectivity index (χ0) is 14.9. The van der Waals surface area contributed by atoms with Crippen molar-refractivity contribution in [3.05, 3.63) is 40.3 Å². The first-order valence-corrected chi connectivity index (χ1v) is 7.79. The summed E-state index contributed by atoms with van der Waals surface area (Å²) < 4.78 is 22.7. The normalized spacial score (nSPS) is 11.5. The van der Waals surface area contributed by atoms with Crippen molar-refractivity contribution in [2.24, 2.45) is 5.14 Å². The maximum atomic E-state index is 11.3. The van der Waals surface area contributed by atoms with Crippen molar-refractivity contribution in [3.8, 4) is 0 Å². The van der Waals surface area contributed by atoms with Crippen molar-refractivity contribution in [3.63, 3.8) is 0 Å². The highest BCUT2D eigenvalue weighted by Crippen LogP contribution is 2.28. The van der Waals surface area contributed by atoms with Gasteiger partial charge in [-0.05, 0) is 25.1 Å². The molecule has 0 spiro atoms. The third-order valence-electron chi connectivity index (χ3n) is 2.29. The highest BCUT2D eigenvalue weighted by atomic mass is 32.2. The van der Waals surface area contributed by atoms with Crippen LogP contribution < -0.4 is 16.4 Å². The number of anilines is 1. The molecule has 5 N–H and O–H groups in total. The molecule has 0 atom stereocenters. The van der Waals surface area contributed by atoms with Gasteiger partial charge in [0.2, 0.25) is 10.0 Å². The molecule has 0 saturated heterocycles. The number of nitrogens with two attached hydrogens (primary N) is 2. The number of sulfonamides is 1. The molecule has 0 fully saturated rings. The molecular formula is C11H12N4O3S2. The van der Waals surface area contributed by atoms with Crippen LogP contribution in [0.4, 0.5) is 5.69 Å². The molecule has 2 aromatic rings. The zero-order valence-electron chi connectivity index (χ0n) is 10.5. The van der Waals surface area contributed by atoms with Crippen LogP contribution in [0.15, 0.2) is 44.0 Å². The van der Waals surface area contributed by atoms with E-state index in [0.717, 1.165) is 11.8 Å². The Balaban J connectivity index is 2.44. The van der Waals surface area contributed by atoms with Gasteiger partial charge in [0, 0.05) is 22.3 Å². The third kappa shape index (κ3) is 3.59. The first-order valence-electron chi connectivity index (χ1n) is 5.43. The van der Waals surface area contributed by atoms with Gasteiger partial charge in [-0.2, -0.15) is 0 Å². The molecule has 7 nitrogen and oxygen atoms in total. The van der Waals surface area contributed by atoms with E-state index in [1.807, 2.05) is 0 Å². The maximum absolute atomic E-state index is 11.3. The van der Waals surface area contributed by atoms with Gasteiger partial charge in [0.25, 0.3) is 5.56 Å². The molecule has 0 bridgehead atoms. The minimum absolute atomic E-state index is 0.0880.